The molecule has 0 saturated heterocycles. The zero-order chi connectivity index (χ0) is 13.9. The highest BCUT2D eigenvalue weighted by atomic mass is 79.9. The SMILES string of the molecule is O=C(Nc1nnc(-c2ccno2)o1)c1ccc(Br)cc1. The van der Waals surface area contributed by atoms with E-state index in [0.717, 1.165) is 4.47 Å². The molecule has 0 aliphatic carbocycles. The largest absolute Gasteiger partial charge is 0.400 e. The van der Waals surface area contributed by atoms with Gasteiger partial charge in [0.25, 0.3) is 11.8 Å². The van der Waals surface area contributed by atoms with Gasteiger partial charge in [0.2, 0.25) is 5.76 Å². The molecule has 20 heavy (non-hydrogen) atoms. The van der Waals surface area contributed by atoms with Crippen molar-refractivity contribution in [1.82, 2.24) is 15.4 Å². The van der Waals surface area contributed by atoms with Gasteiger partial charge in [-0.1, -0.05) is 26.2 Å². The Bertz CT molecular complexity index is 722. The fraction of sp³-hybridized carbons (Fsp3) is 0. The summed E-state index contributed by atoms with van der Waals surface area (Å²) in [6.07, 6.45) is 1.46. The van der Waals surface area contributed by atoms with Crippen LogP contribution in [0, 0.1) is 0 Å². The van der Waals surface area contributed by atoms with E-state index in [1.807, 2.05) is 0 Å². The number of nitrogens with one attached hydrogen (secondary N) is 1. The molecule has 0 aliphatic rings. The van der Waals surface area contributed by atoms with Gasteiger partial charge in [0, 0.05) is 16.1 Å². The number of rotatable bonds is 3. The molecule has 1 N–H and O–H groups in total. The number of hydrogen-bond donors (Lipinski definition) is 1. The lowest BCUT2D eigenvalue weighted by molar-refractivity contribution is 0.102. The van der Waals surface area contributed by atoms with Crippen molar-refractivity contribution in [1.29, 1.82) is 0 Å². The van der Waals surface area contributed by atoms with Crippen LogP contribution < -0.4 is 5.32 Å². The minimum absolute atomic E-state index is 0.00989. The second-order valence-corrected chi connectivity index (χ2v) is 4.67. The Kier molecular flexibility index (Phi) is 3.30. The van der Waals surface area contributed by atoms with Crippen LogP contribution >= 0.6 is 15.9 Å². The minimum atomic E-state index is -0.342. The Morgan fingerprint density at radius 1 is 1.15 bits per heavy atom. The van der Waals surface area contributed by atoms with Crippen molar-refractivity contribution < 1.29 is 13.7 Å². The quantitative estimate of drug-likeness (QED) is 0.791. The van der Waals surface area contributed by atoms with Gasteiger partial charge in [-0.3, -0.25) is 10.1 Å². The molecule has 2 aromatic heterocycles. The van der Waals surface area contributed by atoms with E-state index in [0.29, 0.717) is 11.3 Å². The van der Waals surface area contributed by atoms with Crippen molar-refractivity contribution in [2.24, 2.45) is 0 Å². The molecule has 0 saturated carbocycles. The van der Waals surface area contributed by atoms with E-state index in [4.69, 9.17) is 8.94 Å². The van der Waals surface area contributed by atoms with Crippen molar-refractivity contribution in [2.45, 2.75) is 0 Å². The fourth-order valence-corrected chi connectivity index (χ4v) is 1.73. The van der Waals surface area contributed by atoms with Gasteiger partial charge in [0.05, 0.1) is 6.20 Å². The summed E-state index contributed by atoms with van der Waals surface area (Å²) in [4.78, 5) is 11.9. The molecule has 3 aromatic rings. The summed E-state index contributed by atoms with van der Waals surface area (Å²) in [7, 11) is 0. The molecule has 100 valence electrons. The summed E-state index contributed by atoms with van der Waals surface area (Å²) >= 11 is 3.30. The molecule has 2 heterocycles. The predicted molar refractivity (Wildman–Crippen MR) is 71.9 cm³/mol. The van der Waals surface area contributed by atoms with Gasteiger partial charge in [0.1, 0.15) is 0 Å². The van der Waals surface area contributed by atoms with Gasteiger partial charge in [-0.05, 0) is 24.3 Å². The van der Waals surface area contributed by atoms with Gasteiger partial charge in [-0.15, -0.1) is 5.10 Å². The second-order valence-electron chi connectivity index (χ2n) is 3.75. The monoisotopic (exact) mass is 334 g/mol. The van der Waals surface area contributed by atoms with Crippen LogP contribution in [-0.4, -0.2) is 21.3 Å². The van der Waals surface area contributed by atoms with E-state index >= 15 is 0 Å². The molecular formula is C12H7BrN4O3. The third kappa shape index (κ3) is 2.59. The van der Waals surface area contributed by atoms with Crippen LogP contribution in [0.4, 0.5) is 6.01 Å². The Morgan fingerprint density at radius 3 is 2.65 bits per heavy atom. The van der Waals surface area contributed by atoms with Crippen LogP contribution in [0.5, 0.6) is 0 Å². The van der Waals surface area contributed by atoms with Crippen molar-refractivity contribution in [3.8, 4) is 11.7 Å². The predicted octanol–water partition coefficient (Wildman–Crippen LogP) is 2.74. The molecule has 3 rings (SSSR count). The highest BCUT2D eigenvalue weighted by Gasteiger charge is 2.14. The number of anilines is 1. The molecule has 0 fully saturated rings. The first-order valence-corrected chi connectivity index (χ1v) is 6.33. The Morgan fingerprint density at radius 2 is 1.95 bits per heavy atom. The number of halogens is 1. The molecule has 7 nitrogen and oxygen atoms in total. The summed E-state index contributed by atoms with van der Waals surface area (Å²) < 4.78 is 11.0. The number of aromatic nitrogens is 3. The van der Waals surface area contributed by atoms with E-state index in [1.54, 1.807) is 30.3 Å². The maximum Gasteiger partial charge on any atom is 0.322 e. The minimum Gasteiger partial charge on any atom is -0.400 e. The lowest BCUT2D eigenvalue weighted by Crippen LogP contribution is -2.11. The Balaban J connectivity index is 1.75. The molecule has 0 aliphatic heterocycles. The lowest BCUT2D eigenvalue weighted by atomic mass is 10.2. The standard InChI is InChI=1S/C12H7BrN4O3/c13-8-3-1-7(2-4-8)10(18)15-12-17-16-11(19-12)9-5-6-14-20-9/h1-6H,(H,15,17,18). The van der Waals surface area contributed by atoms with E-state index in [1.165, 1.54) is 6.20 Å². The zero-order valence-electron chi connectivity index (χ0n) is 9.91. The van der Waals surface area contributed by atoms with E-state index in [9.17, 15) is 4.79 Å². The summed E-state index contributed by atoms with van der Waals surface area (Å²) in [5, 5.41) is 13.5. The number of hydrogen-bond acceptors (Lipinski definition) is 6. The molecular weight excluding hydrogens is 328 g/mol. The van der Waals surface area contributed by atoms with Crippen molar-refractivity contribution in [3.63, 3.8) is 0 Å². The molecule has 1 aromatic carbocycles. The van der Waals surface area contributed by atoms with Crippen LogP contribution in [-0.2, 0) is 0 Å². The third-order valence-corrected chi connectivity index (χ3v) is 2.93. The first-order chi connectivity index (χ1) is 9.72. The number of nitrogens with zero attached hydrogens (tertiary/aromatic N) is 3. The van der Waals surface area contributed by atoms with Crippen molar-refractivity contribution in [3.05, 3.63) is 46.6 Å². The maximum atomic E-state index is 11.9. The second kappa shape index (κ2) is 5.25. The highest BCUT2D eigenvalue weighted by molar-refractivity contribution is 9.10. The summed E-state index contributed by atoms with van der Waals surface area (Å²) in [6, 6.07) is 8.45. The van der Waals surface area contributed by atoms with E-state index in [2.05, 4.69) is 36.6 Å². The highest BCUT2D eigenvalue weighted by Crippen LogP contribution is 2.19. The first-order valence-electron chi connectivity index (χ1n) is 5.54. The van der Waals surface area contributed by atoms with Crippen LogP contribution in [0.25, 0.3) is 11.7 Å². The van der Waals surface area contributed by atoms with Gasteiger partial charge >= 0.3 is 6.01 Å². The summed E-state index contributed by atoms with van der Waals surface area (Å²) in [6.45, 7) is 0. The molecule has 8 heteroatoms. The van der Waals surface area contributed by atoms with Crippen LogP contribution in [0.15, 0.2) is 49.9 Å². The first kappa shape index (κ1) is 12.5. The topological polar surface area (TPSA) is 94.1 Å². The van der Waals surface area contributed by atoms with Gasteiger partial charge < -0.3 is 8.94 Å². The Labute approximate surface area is 121 Å². The van der Waals surface area contributed by atoms with Crippen molar-refractivity contribution in [2.75, 3.05) is 5.32 Å². The smallest absolute Gasteiger partial charge is 0.322 e. The molecule has 0 spiro atoms. The van der Waals surface area contributed by atoms with Crippen molar-refractivity contribution >= 4 is 27.9 Å². The van der Waals surface area contributed by atoms with Crippen LogP contribution in [0.3, 0.4) is 0 Å². The summed E-state index contributed by atoms with van der Waals surface area (Å²) in [5.74, 6) is 0.139. The lowest BCUT2D eigenvalue weighted by Gasteiger charge is -2.00. The molecule has 0 atom stereocenters. The molecule has 1 amide bonds. The maximum absolute atomic E-state index is 11.9. The molecule has 0 unspecified atom stereocenters. The normalized spacial score (nSPS) is 10.4. The average Bonchev–Trinajstić information content (AvgIpc) is 3.09. The molecule has 0 bridgehead atoms. The fourth-order valence-electron chi connectivity index (χ4n) is 1.47. The van der Waals surface area contributed by atoms with Gasteiger partial charge in [0.15, 0.2) is 0 Å². The van der Waals surface area contributed by atoms with Gasteiger partial charge in [-0.2, -0.15) is 0 Å². The number of benzene rings is 1. The van der Waals surface area contributed by atoms with Gasteiger partial charge in [-0.25, -0.2) is 0 Å². The number of carbonyl (C=O) groups excluding carboxylic acids is 1. The Hall–Kier alpha value is -2.48. The molecule has 0 radical (unpaired) electrons. The van der Waals surface area contributed by atoms with E-state index < -0.39 is 0 Å². The zero-order valence-corrected chi connectivity index (χ0v) is 11.5. The number of amides is 1. The van der Waals surface area contributed by atoms with Crippen LogP contribution in [0.1, 0.15) is 10.4 Å². The third-order valence-electron chi connectivity index (χ3n) is 2.40. The van der Waals surface area contributed by atoms with E-state index in [-0.39, 0.29) is 17.8 Å². The number of carbonyl (C=O) groups is 1. The summed E-state index contributed by atoms with van der Waals surface area (Å²) in [5.41, 5.74) is 0.479. The van der Waals surface area contributed by atoms with Crippen LogP contribution in [0.2, 0.25) is 0 Å². The average molecular weight is 335 g/mol.